The fourth-order valence-electron chi connectivity index (χ4n) is 4.61. The topological polar surface area (TPSA) is 36.4 Å². The Bertz CT molecular complexity index is 534. The quantitative estimate of drug-likeness (QED) is 0.799. The van der Waals surface area contributed by atoms with Crippen molar-refractivity contribution in [2.45, 2.75) is 63.5 Å². The van der Waals surface area contributed by atoms with Crippen LogP contribution in [0.3, 0.4) is 0 Å². The van der Waals surface area contributed by atoms with Crippen molar-refractivity contribution in [2.24, 2.45) is 0 Å². The lowest BCUT2D eigenvalue weighted by atomic mass is 10.0. The van der Waals surface area contributed by atoms with Gasteiger partial charge in [-0.2, -0.15) is 0 Å². The molecule has 2 atom stereocenters. The van der Waals surface area contributed by atoms with Gasteiger partial charge < -0.3 is 4.90 Å². The third kappa shape index (κ3) is 3.14. The number of Topliss-reactive ketones (excluding diaryl/α,β-unsaturated/α-hetero) is 1. The fraction of sp³-hybridized carbons (Fsp3) is 0.684. The Morgan fingerprint density at radius 2 is 1.74 bits per heavy atom. The summed E-state index contributed by atoms with van der Waals surface area (Å²) in [6, 6.07) is 5.41. The molecule has 0 radical (unpaired) electrons. The van der Waals surface area contributed by atoms with Gasteiger partial charge in [0.25, 0.3) is 0 Å². The highest BCUT2D eigenvalue weighted by atomic mass is 16.1. The van der Waals surface area contributed by atoms with Gasteiger partial charge >= 0.3 is 0 Å². The summed E-state index contributed by atoms with van der Waals surface area (Å²) in [5, 5.41) is 0. The summed E-state index contributed by atoms with van der Waals surface area (Å²) in [5.41, 5.74) is 0.767. The molecule has 0 amide bonds. The fourth-order valence-corrected chi connectivity index (χ4v) is 4.61. The first-order chi connectivity index (χ1) is 11.3. The van der Waals surface area contributed by atoms with Crippen LogP contribution >= 0.6 is 0 Å². The Labute approximate surface area is 138 Å². The van der Waals surface area contributed by atoms with E-state index < -0.39 is 0 Å². The Kier molecular flexibility index (Phi) is 4.34. The molecule has 1 aromatic rings. The van der Waals surface area contributed by atoms with E-state index in [1.54, 1.807) is 6.20 Å². The molecule has 1 aromatic heterocycles. The van der Waals surface area contributed by atoms with Gasteiger partial charge in [-0.05, 0) is 70.2 Å². The van der Waals surface area contributed by atoms with Gasteiger partial charge in [-0.3, -0.25) is 9.69 Å². The minimum Gasteiger partial charge on any atom is -0.351 e. The minimum atomic E-state index is 0.215. The van der Waals surface area contributed by atoms with Gasteiger partial charge in [-0.1, -0.05) is 6.42 Å². The normalized spacial score (nSPS) is 28.1. The third-order valence-electron chi connectivity index (χ3n) is 5.84. The van der Waals surface area contributed by atoms with Gasteiger partial charge in [0.1, 0.15) is 5.82 Å². The van der Waals surface area contributed by atoms with Crippen LogP contribution in [0.4, 0.5) is 5.82 Å². The number of rotatable bonds is 4. The molecule has 3 saturated heterocycles. The lowest BCUT2D eigenvalue weighted by Gasteiger charge is -2.35. The molecule has 0 aromatic carbocycles. The number of carbonyl (C=O) groups excluding carboxylic acids is 1. The number of aromatic nitrogens is 1. The molecule has 2 bridgehead atoms. The molecule has 0 aliphatic carbocycles. The number of likely N-dealkylation sites (tertiary alicyclic amines) is 1. The molecule has 4 rings (SSSR count). The van der Waals surface area contributed by atoms with Crippen molar-refractivity contribution in [2.75, 3.05) is 24.5 Å². The second-order valence-corrected chi connectivity index (χ2v) is 7.39. The van der Waals surface area contributed by atoms with Crippen molar-refractivity contribution in [1.82, 2.24) is 9.88 Å². The number of nitrogens with zero attached hydrogens (tertiary/aromatic N) is 3. The second kappa shape index (κ2) is 6.60. The zero-order valence-electron chi connectivity index (χ0n) is 13.9. The zero-order chi connectivity index (χ0) is 15.6. The molecule has 124 valence electrons. The van der Waals surface area contributed by atoms with E-state index in [2.05, 4.69) is 20.9 Å². The maximum absolute atomic E-state index is 12.4. The highest BCUT2D eigenvalue weighted by Gasteiger charge is 2.37. The van der Waals surface area contributed by atoms with Crippen LogP contribution in [0.15, 0.2) is 18.3 Å². The Morgan fingerprint density at radius 3 is 2.39 bits per heavy atom. The monoisotopic (exact) mass is 313 g/mol. The number of ketones is 1. The van der Waals surface area contributed by atoms with E-state index in [0.29, 0.717) is 18.6 Å². The molecule has 4 heteroatoms. The summed E-state index contributed by atoms with van der Waals surface area (Å²) in [6.07, 6.45) is 12.1. The molecule has 0 N–H and O–H groups in total. The van der Waals surface area contributed by atoms with Gasteiger partial charge in [0.05, 0.1) is 6.54 Å². The van der Waals surface area contributed by atoms with E-state index in [0.717, 1.165) is 24.5 Å². The van der Waals surface area contributed by atoms with Crippen LogP contribution in [-0.4, -0.2) is 47.4 Å². The summed E-state index contributed by atoms with van der Waals surface area (Å²) in [5.74, 6) is 1.29. The predicted octanol–water partition coefficient (Wildman–Crippen LogP) is 3.27. The number of anilines is 1. The largest absolute Gasteiger partial charge is 0.351 e. The third-order valence-corrected chi connectivity index (χ3v) is 5.84. The molecule has 2 unspecified atom stereocenters. The van der Waals surface area contributed by atoms with Crippen molar-refractivity contribution >= 4 is 11.6 Å². The summed E-state index contributed by atoms with van der Waals surface area (Å²) >= 11 is 0. The van der Waals surface area contributed by atoms with Crippen LogP contribution in [0.5, 0.6) is 0 Å². The van der Waals surface area contributed by atoms with Crippen molar-refractivity contribution in [3.05, 3.63) is 23.9 Å². The SMILES string of the molecule is O=C(CN1CCCCC1)c1ccc(N2C3CCCC2CC3)nc1. The standard InChI is InChI=1S/C19H27N3O/c23-18(14-21-11-2-1-3-12-21)15-7-10-19(20-13-15)22-16-5-4-6-17(22)9-8-16/h7,10,13,16-17H,1-6,8-9,11-12,14H2. The van der Waals surface area contributed by atoms with E-state index in [4.69, 9.17) is 0 Å². The number of fused-ring (bicyclic) bond motifs is 2. The molecule has 3 fully saturated rings. The molecule has 4 heterocycles. The molecule has 23 heavy (non-hydrogen) atoms. The summed E-state index contributed by atoms with van der Waals surface area (Å²) < 4.78 is 0. The smallest absolute Gasteiger partial charge is 0.178 e. The van der Waals surface area contributed by atoms with Crippen LogP contribution in [-0.2, 0) is 0 Å². The maximum Gasteiger partial charge on any atom is 0.178 e. The molecule has 4 nitrogen and oxygen atoms in total. The van der Waals surface area contributed by atoms with E-state index in [9.17, 15) is 4.79 Å². The van der Waals surface area contributed by atoms with Gasteiger partial charge in [-0.15, -0.1) is 0 Å². The van der Waals surface area contributed by atoms with E-state index in [1.807, 2.05) is 6.07 Å². The Hall–Kier alpha value is -1.42. The maximum atomic E-state index is 12.4. The first-order valence-corrected chi connectivity index (χ1v) is 9.31. The first kappa shape index (κ1) is 15.1. The van der Waals surface area contributed by atoms with Crippen LogP contribution < -0.4 is 4.90 Å². The number of hydrogen-bond acceptors (Lipinski definition) is 4. The average molecular weight is 313 g/mol. The van der Waals surface area contributed by atoms with Crippen molar-refractivity contribution in [3.63, 3.8) is 0 Å². The van der Waals surface area contributed by atoms with Gasteiger partial charge in [-0.25, -0.2) is 4.98 Å². The van der Waals surface area contributed by atoms with Crippen LogP contribution in [0.25, 0.3) is 0 Å². The lowest BCUT2D eigenvalue weighted by Crippen LogP contribution is -2.40. The average Bonchev–Trinajstić information content (AvgIpc) is 2.84. The van der Waals surface area contributed by atoms with Crippen LogP contribution in [0, 0.1) is 0 Å². The predicted molar refractivity (Wildman–Crippen MR) is 92.0 cm³/mol. The highest BCUT2D eigenvalue weighted by Crippen LogP contribution is 2.38. The number of carbonyl (C=O) groups is 1. The summed E-state index contributed by atoms with van der Waals surface area (Å²) in [7, 11) is 0. The van der Waals surface area contributed by atoms with Gasteiger partial charge in [0.15, 0.2) is 5.78 Å². The van der Waals surface area contributed by atoms with Crippen molar-refractivity contribution in [1.29, 1.82) is 0 Å². The highest BCUT2D eigenvalue weighted by molar-refractivity contribution is 5.97. The van der Waals surface area contributed by atoms with E-state index >= 15 is 0 Å². The van der Waals surface area contributed by atoms with E-state index in [-0.39, 0.29) is 5.78 Å². The molecule has 3 aliphatic heterocycles. The van der Waals surface area contributed by atoms with Gasteiger partial charge in [0.2, 0.25) is 0 Å². The Balaban J connectivity index is 1.42. The summed E-state index contributed by atoms with van der Waals surface area (Å²) in [4.78, 5) is 21.9. The van der Waals surface area contributed by atoms with Crippen LogP contribution in [0.2, 0.25) is 0 Å². The molecule has 3 aliphatic rings. The first-order valence-electron chi connectivity index (χ1n) is 9.31. The molecular weight excluding hydrogens is 286 g/mol. The molecule has 0 saturated carbocycles. The molecule has 0 spiro atoms. The number of piperidine rings is 2. The summed E-state index contributed by atoms with van der Waals surface area (Å²) in [6.45, 7) is 2.68. The van der Waals surface area contributed by atoms with Crippen LogP contribution in [0.1, 0.15) is 61.7 Å². The minimum absolute atomic E-state index is 0.215. The Morgan fingerprint density at radius 1 is 1.00 bits per heavy atom. The van der Waals surface area contributed by atoms with Crippen molar-refractivity contribution in [3.8, 4) is 0 Å². The van der Waals surface area contributed by atoms with Gasteiger partial charge in [0, 0.05) is 23.8 Å². The molecular formula is C19H27N3O. The van der Waals surface area contributed by atoms with Crippen molar-refractivity contribution < 1.29 is 4.79 Å². The lowest BCUT2D eigenvalue weighted by molar-refractivity contribution is 0.0915. The zero-order valence-corrected chi connectivity index (χ0v) is 13.9. The second-order valence-electron chi connectivity index (χ2n) is 7.39. The number of pyridine rings is 1. The van der Waals surface area contributed by atoms with E-state index in [1.165, 1.54) is 51.4 Å². The number of hydrogen-bond donors (Lipinski definition) is 0.